The molecule has 29 heavy (non-hydrogen) atoms. The molecule has 1 amide bonds. The topological polar surface area (TPSA) is 46.3 Å². The zero-order valence-electron chi connectivity index (χ0n) is 15.3. The third-order valence-corrected chi connectivity index (χ3v) is 6.05. The Balaban J connectivity index is 1.48. The summed E-state index contributed by atoms with van der Waals surface area (Å²) in [4.78, 5) is 19.9. The summed E-state index contributed by atoms with van der Waals surface area (Å²) in [6.07, 6.45) is 1.68. The maximum absolute atomic E-state index is 13.6. The molecule has 7 heteroatoms. The van der Waals surface area contributed by atoms with E-state index in [1.54, 1.807) is 18.2 Å². The number of benzene rings is 2. The molecular weight excluding hydrogens is 394 g/mol. The fourth-order valence-corrected chi connectivity index (χ4v) is 4.43. The van der Waals surface area contributed by atoms with Gasteiger partial charge in [-0.3, -0.25) is 4.79 Å². The first kappa shape index (κ1) is 18.0. The van der Waals surface area contributed by atoms with E-state index in [2.05, 4.69) is 4.98 Å². The number of oxazole rings is 1. The highest BCUT2D eigenvalue weighted by molar-refractivity contribution is 7.12. The van der Waals surface area contributed by atoms with Gasteiger partial charge in [0.15, 0.2) is 17.2 Å². The number of nitrogens with zero attached hydrogens (tertiary/aromatic N) is 2. The quantitative estimate of drug-likeness (QED) is 0.428. The average molecular weight is 410 g/mol. The van der Waals surface area contributed by atoms with Crippen LogP contribution in [-0.4, -0.2) is 22.3 Å². The minimum absolute atomic E-state index is 0.00719. The minimum Gasteiger partial charge on any atom is -0.438 e. The van der Waals surface area contributed by atoms with Crippen molar-refractivity contribution in [3.8, 4) is 11.1 Å². The number of halogens is 2. The molecule has 4 aromatic rings. The van der Waals surface area contributed by atoms with Crippen LogP contribution in [0, 0.1) is 11.6 Å². The molecule has 5 rings (SSSR count). The smallest absolute Gasteiger partial charge is 0.264 e. The van der Waals surface area contributed by atoms with E-state index in [1.165, 1.54) is 17.4 Å². The third kappa shape index (κ3) is 3.21. The fraction of sp³-hybridized carbons (Fsp3) is 0.182. The second kappa shape index (κ2) is 7.08. The van der Waals surface area contributed by atoms with Crippen LogP contribution in [0.2, 0.25) is 0 Å². The Morgan fingerprint density at radius 3 is 2.72 bits per heavy atom. The average Bonchev–Trinajstić information content (AvgIpc) is 3.48. The zero-order chi connectivity index (χ0) is 20.0. The molecule has 4 nitrogen and oxygen atoms in total. The number of thiophene rings is 1. The van der Waals surface area contributed by atoms with Gasteiger partial charge in [0.05, 0.1) is 4.88 Å². The highest BCUT2D eigenvalue weighted by Crippen LogP contribution is 2.35. The van der Waals surface area contributed by atoms with E-state index >= 15 is 0 Å². The first-order valence-corrected chi connectivity index (χ1v) is 10.2. The maximum Gasteiger partial charge on any atom is 0.264 e. The van der Waals surface area contributed by atoms with Crippen LogP contribution in [0.15, 0.2) is 58.3 Å². The number of hydrogen-bond acceptors (Lipinski definition) is 4. The SMILES string of the molecule is O=C(c1cccs1)N1CCC[C@@H]1c1nc2cc(-c3ccc(F)c(F)c3)ccc2o1. The van der Waals surface area contributed by atoms with Gasteiger partial charge in [-0.2, -0.15) is 0 Å². The van der Waals surface area contributed by atoms with Gasteiger partial charge in [-0.25, -0.2) is 13.8 Å². The normalized spacial score (nSPS) is 16.6. The largest absolute Gasteiger partial charge is 0.438 e. The van der Waals surface area contributed by atoms with Crippen LogP contribution in [0.4, 0.5) is 8.78 Å². The molecular formula is C22H16F2N2O2S. The second-order valence-electron chi connectivity index (χ2n) is 7.00. The van der Waals surface area contributed by atoms with Crippen LogP contribution in [0.1, 0.15) is 34.4 Å². The number of hydrogen-bond donors (Lipinski definition) is 0. The van der Waals surface area contributed by atoms with E-state index < -0.39 is 11.6 Å². The summed E-state index contributed by atoms with van der Waals surface area (Å²) in [5, 5.41) is 1.89. The van der Waals surface area contributed by atoms with Crippen LogP contribution in [0.3, 0.4) is 0 Å². The molecule has 1 atom stereocenters. The summed E-state index contributed by atoms with van der Waals surface area (Å²) >= 11 is 1.42. The van der Waals surface area contributed by atoms with Gasteiger partial charge in [-0.05, 0) is 59.7 Å². The van der Waals surface area contributed by atoms with E-state index in [0.29, 0.717) is 39.5 Å². The molecule has 2 aromatic carbocycles. The number of fused-ring (bicyclic) bond motifs is 1. The monoisotopic (exact) mass is 410 g/mol. The fourth-order valence-electron chi connectivity index (χ4n) is 3.75. The molecule has 1 saturated heterocycles. The Morgan fingerprint density at radius 1 is 1.10 bits per heavy atom. The van der Waals surface area contributed by atoms with Crippen molar-refractivity contribution in [3.05, 3.63) is 76.3 Å². The summed E-state index contributed by atoms with van der Waals surface area (Å²) in [6.45, 7) is 0.667. The van der Waals surface area contributed by atoms with Gasteiger partial charge in [0.1, 0.15) is 11.6 Å². The number of likely N-dealkylation sites (tertiary alicyclic amines) is 1. The summed E-state index contributed by atoms with van der Waals surface area (Å²) in [6, 6.07) is 12.6. The lowest BCUT2D eigenvalue weighted by Crippen LogP contribution is -2.30. The molecule has 1 aliphatic rings. The molecule has 0 spiro atoms. The first-order chi connectivity index (χ1) is 14.1. The molecule has 0 aliphatic carbocycles. The number of carbonyl (C=O) groups excluding carboxylic acids is 1. The van der Waals surface area contributed by atoms with Crippen molar-refractivity contribution < 1.29 is 18.0 Å². The van der Waals surface area contributed by atoms with Gasteiger partial charge < -0.3 is 9.32 Å². The van der Waals surface area contributed by atoms with Crippen LogP contribution in [0.5, 0.6) is 0 Å². The highest BCUT2D eigenvalue weighted by Gasteiger charge is 2.34. The van der Waals surface area contributed by atoms with Gasteiger partial charge in [-0.1, -0.05) is 18.2 Å². The van der Waals surface area contributed by atoms with Crippen molar-refractivity contribution in [1.82, 2.24) is 9.88 Å². The number of carbonyl (C=O) groups is 1. The van der Waals surface area contributed by atoms with Crippen molar-refractivity contribution in [2.24, 2.45) is 0 Å². The summed E-state index contributed by atoms with van der Waals surface area (Å²) in [5.41, 5.74) is 2.50. The Hall–Kier alpha value is -3.06. The van der Waals surface area contributed by atoms with Gasteiger partial charge >= 0.3 is 0 Å². The number of amides is 1. The lowest BCUT2D eigenvalue weighted by atomic mass is 10.1. The molecule has 146 valence electrons. The van der Waals surface area contributed by atoms with Gasteiger partial charge in [0.2, 0.25) is 5.89 Å². The minimum atomic E-state index is -0.892. The third-order valence-electron chi connectivity index (χ3n) is 5.19. The van der Waals surface area contributed by atoms with Crippen molar-refractivity contribution in [3.63, 3.8) is 0 Å². The first-order valence-electron chi connectivity index (χ1n) is 9.30. The van der Waals surface area contributed by atoms with Crippen LogP contribution in [-0.2, 0) is 0 Å². The van der Waals surface area contributed by atoms with Crippen LogP contribution >= 0.6 is 11.3 Å². The molecule has 0 N–H and O–H groups in total. The van der Waals surface area contributed by atoms with Crippen molar-refractivity contribution in [2.45, 2.75) is 18.9 Å². The van der Waals surface area contributed by atoms with E-state index in [1.807, 2.05) is 22.4 Å². The van der Waals surface area contributed by atoms with Crippen LogP contribution < -0.4 is 0 Å². The molecule has 3 heterocycles. The van der Waals surface area contributed by atoms with Gasteiger partial charge in [0.25, 0.3) is 5.91 Å². The Labute approximate surface area is 169 Å². The van der Waals surface area contributed by atoms with E-state index in [-0.39, 0.29) is 11.9 Å². The van der Waals surface area contributed by atoms with Crippen molar-refractivity contribution >= 4 is 28.3 Å². The highest BCUT2D eigenvalue weighted by atomic mass is 32.1. The number of rotatable bonds is 3. The Morgan fingerprint density at radius 2 is 1.93 bits per heavy atom. The summed E-state index contributed by atoms with van der Waals surface area (Å²) in [5.74, 6) is -1.27. The van der Waals surface area contributed by atoms with E-state index in [9.17, 15) is 13.6 Å². The van der Waals surface area contributed by atoms with Gasteiger partial charge in [-0.15, -0.1) is 11.3 Å². The number of aromatic nitrogens is 1. The van der Waals surface area contributed by atoms with Crippen LogP contribution in [0.25, 0.3) is 22.2 Å². The molecule has 1 aliphatic heterocycles. The molecule has 0 saturated carbocycles. The summed E-state index contributed by atoms with van der Waals surface area (Å²) < 4.78 is 32.7. The van der Waals surface area contributed by atoms with Gasteiger partial charge in [0, 0.05) is 6.54 Å². The standard InChI is InChI=1S/C22H16F2N2O2S/c23-15-7-5-13(11-16(15)24)14-6-8-19-17(12-14)25-21(28-19)18-3-1-9-26(18)22(27)20-4-2-10-29-20/h2,4-8,10-12,18H,1,3,9H2/t18-/m1/s1. The predicted molar refractivity (Wildman–Crippen MR) is 107 cm³/mol. The lowest BCUT2D eigenvalue weighted by Gasteiger charge is -2.21. The van der Waals surface area contributed by atoms with Crippen molar-refractivity contribution in [1.29, 1.82) is 0 Å². The maximum atomic E-state index is 13.6. The van der Waals surface area contributed by atoms with E-state index in [4.69, 9.17) is 4.42 Å². The molecule has 0 bridgehead atoms. The Bertz CT molecular complexity index is 1200. The molecule has 1 fully saturated rings. The van der Waals surface area contributed by atoms with Crippen molar-refractivity contribution in [2.75, 3.05) is 6.54 Å². The second-order valence-corrected chi connectivity index (χ2v) is 7.95. The molecule has 0 unspecified atom stereocenters. The molecule has 2 aromatic heterocycles. The predicted octanol–water partition coefficient (Wildman–Crippen LogP) is 5.81. The lowest BCUT2D eigenvalue weighted by molar-refractivity contribution is 0.0722. The summed E-state index contributed by atoms with van der Waals surface area (Å²) in [7, 11) is 0. The molecule has 0 radical (unpaired) electrons. The Kier molecular flexibility index (Phi) is 4.39. The van der Waals surface area contributed by atoms with E-state index in [0.717, 1.165) is 25.0 Å². The zero-order valence-corrected chi connectivity index (χ0v) is 16.1.